The van der Waals surface area contributed by atoms with Crippen LogP contribution in [0.5, 0.6) is 0 Å². The standard InChI is InChI=1S/C37H44N12O6/c1-45-19-24(14-40-45)41-33-31(32(38)51)39-15-29(43-33)47-10-2-3-23(20-47)42-34(52)22-8-11-46(12-9-22)16-21-17-48(18-21)25-4-5-26-27(13-25)37(55)49(36(26)54)28-6-7-30(50)44-35(28)53/h4-5,13-15,19,21-23,28H,2-3,6-12,16-18,20H2,1H3,(H2,38,51)(H,41,43)(H,42,52)(H,44,50,53)/t23-,28?/m1/s1. The number of nitrogens with two attached hydrogens (primary N) is 1. The number of benzene rings is 1. The summed E-state index contributed by atoms with van der Waals surface area (Å²) in [6.07, 6.45) is 8.42. The monoisotopic (exact) mass is 752 g/mol. The Hall–Kier alpha value is -5.91. The number of nitrogens with one attached hydrogen (secondary N) is 3. The molecule has 0 aliphatic carbocycles. The largest absolute Gasteiger partial charge is 0.371 e. The molecule has 18 heteroatoms. The molecule has 4 saturated heterocycles. The minimum absolute atomic E-state index is 0.0348. The van der Waals surface area contributed by atoms with Gasteiger partial charge in [-0.2, -0.15) is 5.10 Å². The molecular formula is C37H44N12O6. The third kappa shape index (κ3) is 7.33. The number of likely N-dealkylation sites (tertiary alicyclic amines) is 1. The van der Waals surface area contributed by atoms with Gasteiger partial charge in [0.1, 0.15) is 11.9 Å². The number of fused-ring (bicyclic) bond motifs is 1. The molecule has 18 nitrogen and oxygen atoms in total. The highest BCUT2D eigenvalue weighted by atomic mass is 16.2. The number of hydrogen-bond acceptors (Lipinski definition) is 13. The summed E-state index contributed by atoms with van der Waals surface area (Å²) < 4.78 is 1.63. The zero-order valence-electron chi connectivity index (χ0n) is 30.6. The van der Waals surface area contributed by atoms with Gasteiger partial charge in [-0.15, -0.1) is 0 Å². The Kier molecular flexibility index (Phi) is 9.66. The van der Waals surface area contributed by atoms with Gasteiger partial charge >= 0.3 is 0 Å². The van der Waals surface area contributed by atoms with Gasteiger partial charge < -0.3 is 31.1 Å². The molecular weight excluding hydrogens is 708 g/mol. The quantitative estimate of drug-likeness (QED) is 0.206. The maximum absolute atomic E-state index is 13.4. The summed E-state index contributed by atoms with van der Waals surface area (Å²) >= 11 is 0. The lowest BCUT2D eigenvalue weighted by atomic mass is 9.92. The van der Waals surface area contributed by atoms with Crippen molar-refractivity contribution in [3.63, 3.8) is 0 Å². The maximum atomic E-state index is 13.4. The normalized spacial score (nSPS) is 22.4. The Balaban J connectivity index is 0.794. The van der Waals surface area contributed by atoms with E-state index in [1.54, 1.807) is 42.5 Å². The van der Waals surface area contributed by atoms with Crippen molar-refractivity contribution in [3.05, 3.63) is 53.6 Å². The summed E-state index contributed by atoms with van der Waals surface area (Å²) in [5, 5.41) is 12.8. The lowest BCUT2D eigenvalue weighted by molar-refractivity contribution is -0.136. The topological polar surface area (TPSA) is 221 Å². The molecule has 5 N–H and O–H groups in total. The highest BCUT2D eigenvalue weighted by Crippen LogP contribution is 2.34. The fourth-order valence-corrected chi connectivity index (χ4v) is 8.34. The number of aryl methyl sites for hydroxylation is 1. The molecule has 2 aromatic heterocycles. The van der Waals surface area contributed by atoms with Crippen LogP contribution in [0.4, 0.5) is 23.0 Å². The van der Waals surface area contributed by atoms with E-state index in [1.807, 2.05) is 6.07 Å². The molecule has 0 bridgehead atoms. The van der Waals surface area contributed by atoms with Crippen LogP contribution in [0.2, 0.25) is 0 Å². The van der Waals surface area contributed by atoms with Crippen molar-refractivity contribution in [1.82, 2.24) is 40.2 Å². The first-order valence-electron chi connectivity index (χ1n) is 18.8. The molecule has 0 saturated carbocycles. The third-order valence-electron chi connectivity index (χ3n) is 11.3. The number of anilines is 4. The number of carbonyl (C=O) groups excluding carboxylic acids is 6. The molecule has 0 radical (unpaired) electrons. The first-order valence-corrected chi connectivity index (χ1v) is 18.8. The fourth-order valence-electron chi connectivity index (χ4n) is 8.34. The second kappa shape index (κ2) is 14.7. The third-order valence-corrected chi connectivity index (χ3v) is 11.3. The summed E-state index contributed by atoms with van der Waals surface area (Å²) in [7, 11) is 1.79. The maximum Gasteiger partial charge on any atom is 0.271 e. The molecule has 1 aromatic carbocycles. The molecule has 7 heterocycles. The number of nitrogens with zero attached hydrogens (tertiary/aromatic N) is 8. The van der Waals surface area contributed by atoms with E-state index in [9.17, 15) is 28.8 Å². The summed E-state index contributed by atoms with van der Waals surface area (Å²) in [4.78, 5) is 92.4. The van der Waals surface area contributed by atoms with Crippen molar-refractivity contribution >= 4 is 58.5 Å². The van der Waals surface area contributed by atoms with Gasteiger partial charge in [-0.25, -0.2) is 9.97 Å². The van der Waals surface area contributed by atoms with Crippen molar-refractivity contribution in [2.75, 3.05) is 60.9 Å². The first kappa shape index (κ1) is 36.1. The molecule has 0 spiro atoms. The zero-order chi connectivity index (χ0) is 38.4. The Bertz CT molecular complexity index is 2050. The number of carbonyl (C=O) groups is 6. The minimum atomic E-state index is -0.985. The number of hydrogen-bond donors (Lipinski definition) is 4. The van der Waals surface area contributed by atoms with Gasteiger partial charge in [-0.3, -0.25) is 43.7 Å². The predicted molar refractivity (Wildman–Crippen MR) is 198 cm³/mol. The van der Waals surface area contributed by atoms with Crippen LogP contribution in [0.25, 0.3) is 0 Å². The van der Waals surface area contributed by atoms with Gasteiger partial charge in [0, 0.05) is 76.0 Å². The SMILES string of the molecule is Cn1cc(Nc2nc(N3CCC[C@@H](NC(=O)C4CCN(CC5CN(c6ccc7c(c6)C(=O)N(C6CCC(=O)NC6=O)C7=O)C5)CC4)C3)cnc2C(N)=O)cn1. The van der Waals surface area contributed by atoms with Crippen molar-refractivity contribution in [2.24, 2.45) is 24.6 Å². The first-order chi connectivity index (χ1) is 26.5. The van der Waals surface area contributed by atoms with E-state index in [1.165, 1.54) is 0 Å². The van der Waals surface area contributed by atoms with Crippen LogP contribution < -0.4 is 31.5 Å². The molecule has 288 valence electrons. The van der Waals surface area contributed by atoms with E-state index in [4.69, 9.17) is 5.73 Å². The Morgan fingerprint density at radius 1 is 0.945 bits per heavy atom. The van der Waals surface area contributed by atoms with E-state index < -0.39 is 35.6 Å². The van der Waals surface area contributed by atoms with E-state index in [-0.39, 0.29) is 53.3 Å². The van der Waals surface area contributed by atoms with Crippen LogP contribution in [0, 0.1) is 11.8 Å². The van der Waals surface area contributed by atoms with E-state index in [0.29, 0.717) is 24.0 Å². The lowest BCUT2D eigenvalue weighted by Crippen LogP contribution is -2.54. The Labute approximate surface area is 316 Å². The molecule has 3 aromatic rings. The number of amides is 6. The van der Waals surface area contributed by atoms with Gasteiger partial charge in [0.15, 0.2) is 11.5 Å². The second-order valence-electron chi connectivity index (χ2n) is 15.1. The minimum Gasteiger partial charge on any atom is -0.371 e. The van der Waals surface area contributed by atoms with Gasteiger partial charge in [0.2, 0.25) is 17.7 Å². The van der Waals surface area contributed by atoms with Gasteiger partial charge in [0.05, 0.1) is 29.2 Å². The van der Waals surface area contributed by atoms with Crippen molar-refractivity contribution in [3.8, 4) is 0 Å². The number of rotatable bonds is 10. The summed E-state index contributed by atoms with van der Waals surface area (Å²) in [5.74, 6) is -1.42. The highest BCUT2D eigenvalue weighted by Gasteiger charge is 2.45. The molecule has 5 aliphatic rings. The smallest absolute Gasteiger partial charge is 0.271 e. The number of aromatic nitrogens is 4. The van der Waals surface area contributed by atoms with Crippen molar-refractivity contribution in [2.45, 2.75) is 50.6 Å². The van der Waals surface area contributed by atoms with E-state index in [0.717, 1.165) is 75.5 Å². The average Bonchev–Trinajstić information content (AvgIpc) is 3.67. The molecule has 5 aliphatic heterocycles. The summed E-state index contributed by atoms with van der Waals surface area (Å²) in [6.45, 7) is 5.54. The molecule has 8 rings (SSSR count). The molecule has 6 amide bonds. The number of primary amides is 1. The van der Waals surface area contributed by atoms with Crippen LogP contribution in [0.3, 0.4) is 0 Å². The lowest BCUT2D eigenvalue weighted by Gasteiger charge is -2.44. The van der Waals surface area contributed by atoms with Crippen LogP contribution in [-0.2, 0) is 21.4 Å². The Morgan fingerprint density at radius 2 is 1.73 bits per heavy atom. The van der Waals surface area contributed by atoms with E-state index >= 15 is 0 Å². The second-order valence-corrected chi connectivity index (χ2v) is 15.1. The molecule has 1 unspecified atom stereocenters. The zero-order valence-corrected chi connectivity index (χ0v) is 30.6. The summed E-state index contributed by atoms with van der Waals surface area (Å²) in [6, 6.07) is 4.20. The van der Waals surface area contributed by atoms with Gasteiger partial charge in [-0.1, -0.05) is 0 Å². The van der Waals surface area contributed by atoms with Crippen molar-refractivity contribution < 1.29 is 28.8 Å². The van der Waals surface area contributed by atoms with Crippen LogP contribution in [0.15, 0.2) is 36.8 Å². The number of imide groups is 2. The highest BCUT2D eigenvalue weighted by molar-refractivity contribution is 6.23. The van der Waals surface area contributed by atoms with Crippen LogP contribution in [0.1, 0.15) is 69.7 Å². The number of piperidine rings is 3. The van der Waals surface area contributed by atoms with Crippen LogP contribution >= 0.6 is 0 Å². The predicted octanol–water partition coefficient (Wildman–Crippen LogP) is 0.387. The summed E-state index contributed by atoms with van der Waals surface area (Å²) in [5.41, 5.74) is 7.67. The molecule has 55 heavy (non-hydrogen) atoms. The molecule has 4 fully saturated rings. The Morgan fingerprint density at radius 3 is 2.45 bits per heavy atom. The van der Waals surface area contributed by atoms with Gasteiger partial charge in [0.25, 0.3) is 17.7 Å². The molecule has 2 atom stereocenters. The van der Waals surface area contributed by atoms with Gasteiger partial charge in [-0.05, 0) is 63.4 Å². The van der Waals surface area contributed by atoms with Crippen LogP contribution in [-0.4, -0.2) is 123 Å². The van der Waals surface area contributed by atoms with E-state index in [2.05, 4.69) is 45.7 Å². The van der Waals surface area contributed by atoms with Crippen molar-refractivity contribution in [1.29, 1.82) is 0 Å². The fraction of sp³-hybridized carbons (Fsp3) is 0.486. The average molecular weight is 753 g/mol.